The minimum absolute atomic E-state index is 0.153. The maximum absolute atomic E-state index is 12.9. The van der Waals surface area contributed by atoms with Crippen molar-refractivity contribution in [3.05, 3.63) is 93.7 Å². The van der Waals surface area contributed by atoms with Crippen LogP contribution in [0.2, 0.25) is 0 Å². The number of nitrogens with zero attached hydrogens (tertiary/aromatic N) is 5. The van der Waals surface area contributed by atoms with E-state index in [0.717, 1.165) is 22.3 Å². The van der Waals surface area contributed by atoms with E-state index in [2.05, 4.69) is 69.2 Å². The van der Waals surface area contributed by atoms with Gasteiger partial charge in [0.15, 0.2) is 5.65 Å². The maximum Gasteiger partial charge on any atom is 0.350 e. The van der Waals surface area contributed by atoms with Gasteiger partial charge in [-0.05, 0) is 48.1 Å². The average Bonchev–Trinajstić information content (AvgIpc) is 3.32. The van der Waals surface area contributed by atoms with Crippen LogP contribution in [0.15, 0.2) is 65.7 Å². The monoisotopic (exact) mass is 411 g/mol. The quantitative estimate of drug-likeness (QED) is 0.434. The first-order valence-electron chi connectivity index (χ1n) is 10.5. The third-order valence-corrected chi connectivity index (χ3v) is 5.97. The number of aromatic nitrogens is 5. The smallest absolute Gasteiger partial charge is 0.247 e. The van der Waals surface area contributed by atoms with Crippen LogP contribution in [0, 0.1) is 13.8 Å². The van der Waals surface area contributed by atoms with Gasteiger partial charge in [-0.25, -0.2) is 18.4 Å². The van der Waals surface area contributed by atoms with E-state index in [0.29, 0.717) is 18.1 Å². The van der Waals surface area contributed by atoms with E-state index < -0.39 is 0 Å². The summed E-state index contributed by atoms with van der Waals surface area (Å²) in [5.41, 5.74) is 7.97. The van der Waals surface area contributed by atoms with Crippen LogP contribution in [0.1, 0.15) is 42.0 Å². The molecule has 0 unspecified atom stereocenters. The Kier molecular flexibility index (Phi) is 4.50. The molecule has 31 heavy (non-hydrogen) atoms. The van der Waals surface area contributed by atoms with E-state index in [9.17, 15) is 4.79 Å². The largest absolute Gasteiger partial charge is 0.350 e. The van der Waals surface area contributed by atoms with Crippen molar-refractivity contribution in [2.75, 3.05) is 0 Å². The molecule has 0 saturated heterocycles. The molecule has 5 rings (SSSR count). The molecule has 0 bridgehead atoms. The summed E-state index contributed by atoms with van der Waals surface area (Å²) in [7, 11) is 0. The van der Waals surface area contributed by atoms with Crippen molar-refractivity contribution in [2.45, 2.75) is 40.2 Å². The molecule has 6 heteroatoms. The third-order valence-electron chi connectivity index (χ3n) is 5.97. The molecule has 0 fully saturated rings. The first-order chi connectivity index (χ1) is 14.9. The number of rotatable bonds is 4. The lowest BCUT2D eigenvalue weighted by Crippen LogP contribution is -2.21. The highest BCUT2D eigenvalue weighted by Crippen LogP contribution is 2.24. The average molecular weight is 412 g/mol. The fourth-order valence-electron chi connectivity index (χ4n) is 3.89. The first kappa shape index (κ1) is 19.3. The Hall–Kier alpha value is -3.67. The highest BCUT2D eigenvalue weighted by Gasteiger charge is 2.14. The van der Waals surface area contributed by atoms with Gasteiger partial charge in [0, 0.05) is 18.0 Å². The molecular weight excluding hydrogens is 386 g/mol. The number of hydrogen-bond donors (Lipinski definition) is 0. The number of benzene rings is 2. The Labute approximate surface area is 180 Å². The van der Waals surface area contributed by atoms with Gasteiger partial charge in [0.2, 0.25) is 0 Å². The second kappa shape index (κ2) is 7.23. The van der Waals surface area contributed by atoms with Gasteiger partial charge in [-0.2, -0.15) is 5.10 Å². The van der Waals surface area contributed by atoms with Crippen molar-refractivity contribution in [1.29, 1.82) is 0 Å². The third kappa shape index (κ3) is 3.34. The molecule has 3 aromatic heterocycles. The Balaban J connectivity index is 1.57. The Bertz CT molecular complexity index is 1470. The van der Waals surface area contributed by atoms with Crippen LogP contribution in [0.3, 0.4) is 0 Å². The van der Waals surface area contributed by atoms with Crippen LogP contribution in [0.5, 0.6) is 0 Å². The summed E-state index contributed by atoms with van der Waals surface area (Å²) in [5.74, 6) is 0.489. The number of hydrogen-bond acceptors (Lipinski definition) is 3. The Morgan fingerprint density at radius 1 is 0.903 bits per heavy atom. The van der Waals surface area contributed by atoms with Crippen molar-refractivity contribution >= 4 is 11.2 Å². The molecule has 6 nitrogen and oxygen atoms in total. The minimum atomic E-state index is -0.153. The van der Waals surface area contributed by atoms with Crippen molar-refractivity contribution in [1.82, 2.24) is 23.8 Å². The zero-order valence-corrected chi connectivity index (χ0v) is 18.2. The summed E-state index contributed by atoms with van der Waals surface area (Å²) in [6.07, 6.45) is 3.53. The summed E-state index contributed by atoms with van der Waals surface area (Å²) in [6.45, 7) is 8.97. The van der Waals surface area contributed by atoms with Crippen LogP contribution in [-0.2, 0) is 6.54 Å². The molecule has 3 heterocycles. The van der Waals surface area contributed by atoms with Crippen LogP contribution in [0.25, 0.3) is 22.4 Å². The minimum Gasteiger partial charge on any atom is -0.247 e. The van der Waals surface area contributed by atoms with E-state index in [1.807, 2.05) is 12.1 Å². The van der Waals surface area contributed by atoms with E-state index >= 15 is 0 Å². The fraction of sp³-hybridized carbons (Fsp3) is 0.240. The van der Waals surface area contributed by atoms with Gasteiger partial charge in [0.25, 0.3) is 0 Å². The lowest BCUT2D eigenvalue weighted by molar-refractivity contribution is 0.658. The normalized spacial score (nSPS) is 11.8. The Morgan fingerprint density at radius 2 is 1.68 bits per heavy atom. The van der Waals surface area contributed by atoms with Gasteiger partial charge in [0.05, 0.1) is 12.2 Å². The molecule has 2 aromatic carbocycles. The summed E-state index contributed by atoms with van der Waals surface area (Å²) in [4.78, 5) is 12.9. The zero-order chi connectivity index (χ0) is 21.7. The summed E-state index contributed by atoms with van der Waals surface area (Å²) in [5, 5.41) is 9.34. The highest BCUT2D eigenvalue weighted by molar-refractivity contribution is 5.76. The molecule has 0 amide bonds. The van der Waals surface area contributed by atoms with Crippen LogP contribution < -0.4 is 5.69 Å². The molecule has 0 aliphatic heterocycles. The van der Waals surface area contributed by atoms with Gasteiger partial charge < -0.3 is 0 Å². The van der Waals surface area contributed by atoms with Gasteiger partial charge in [-0.15, -0.1) is 5.10 Å². The van der Waals surface area contributed by atoms with Crippen LogP contribution >= 0.6 is 0 Å². The van der Waals surface area contributed by atoms with E-state index in [1.165, 1.54) is 21.4 Å². The summed E-state index contributed by atoms with van der Waals surface area (Å²) < 4.78 is 4.89. The van der Waals surface area contributed by atoms with Crippen molar-refractivity contribution in [2.24, 2.45) is 0 Å². The summed E-state index contributed by atoms with van der Waals surface area (Å²) >= 11 is 0. The van der Waals surface area contributed by atoms with E-state index in [1.54, 1.807) is 21.3 Å². The lowest BCUT2D eigenvalue weighted by Gasteiger charge is -2.05. The molecule has 0 aliphatic carbocycles. The molecule has 0 atom stereocenters. The van der Waals surface area contributed by atoms with Crippen LogP contribution in [-0.4, -0.2) is 23.8 Å². The van der Waals surface area contributed by atoms with E-state index in [-0.39, 0.29) is 5.69 Å². The molecule has 0 aliphatic rings. The topological polar surface area (TPSA) is 56.6 Å². The van der Waals surface area contributed by atoms with Crippen molar-refractivity contribution in [3.63, 3.8) is 0 Å². The molecule has 0 radical (unpaired) electrons. The number of aryl methyl sites for hydroxylation is 2. The molecular formula is C25H25N5O. The second-order valence-corrected chi connectivity index (χ2v) is 8.49. The van der Waals surface area contributed by atoms with Gasteiger partial charge >= 0.3 is 5.69 Å². The highest BCUT2D eigenvalue weighted by atomic mass is 16.2. The molecule has 0 N–H and O–H groups in total. The first-order valence-corrected chi connectivity index (χ1v) is 10.5. The maximum atomic E-state index is 12.9. The SMILES string of the molecule is Cc1ccc(Cn2nc3c4cc(-c5ccc(C(C)C)cc5)nn4ccn3c2=O)cc1C. The number of fused-ring (bicyclic) bond motifs is 3. The van der Waals surface area contributed by atoms with Gasteiger partial charge in [-0.3, -0.25) is 0 Å². The van der Waals surface area contributed by atoms with Crippen LogP contribution in [0.4, 0.5) is 0 Å². The van der Waals surface area contributed by atoms with Crippen molar-refractivity contribution < 1.29 is 0 Å². The predicted octanol–water partition coefficient (Wildman–Crippen LogP) is 4.60. The molecule has 0 spiro atoms. The molecule has 5 aromatic rings. The molecule has 0 saturated carbocycles. The standard InChI is InChI=1S/C25H25N5O/c1-16(2)20-7-9-21(10-8-20)22-14-23-24-27-30(15-19-6-5-17(3)18(4)13-19)25(31)28(24)11-12-29(23)26-22/h5-14,16H,15H2,1-4H3. The Morgan fingerprint density at radius 3 is 2.39 bits per heavy atom. The van der Waals surface area contributed by atoms with Gasteiger partial charge in [0.1, 0.15) is 5.52 Å². The van der Waals surface area contributed by atoms with E-state index in [4.69, 9.17) is 5.10 Å². The fourth-order valence-corrected chi connectivity index (χ4v) is 3.89. The molecule has 156 valence electrons. The van der Waals surface area contributed by atoms with Crippen molar-refractivity contribution in [3.8, 4) is 11.3 Å². The summed E-state index contributed by atoms with van der Waals surface area (Å²) in [6, 6.07) is 16.7. The predicted molar refractivity (Wildman–Crippen MR) is 123 cm³/mol. The lowest BCUT2D eigenvalue weighted by atomic mass is 10.0. The van der Waals surface area contributed by atoms with Gasteiger partial charge in [-0.1, -0.05) is 56.3 Å². The second-order valence-electron chi connectivity index (χ2n) is 8.49. The zero-order valence-electron chi connectivity index (χ0n) is 18.2.